The first kappa shape index (κ1) is 24.5. The minimum atomic E-state index is 0.0573. The van der Waals surface area contributed by atoms with Gasteiger partial charge < -0.3 is 5.32 Å². The van der Waals surface area contributed by atoms with Crippen molar-refractivity contribution in [3.8, 4) is 0 Å². The summed E-state index contributed by atoms with van der Waals surface area (Å²) in [5.74, 6) is 0.0573. The summed E-state index contributed by atoms with van der Waals surface area (Å²) in [4.78, 5) is 12.1. The van der Waals surface area contributed by atoms with Crippen molar-refractivity contribution in [2.45, 2.75) is 90.9 Å². The number of nitrogens with one attached hydrogen (secondary N) is 1. The van der Waals surface area contributed by atoms with E-state index in [1.165, 1.54) is 44.9 Å². The first-order valence-electron chi connectivity index (χ1n) is 11.0. The predicted octanol–water partition coefficient (Wildman–Crippen LogP) is 8.40. The fourth-order valence-corrected chi connectivity index (χ4v) is 3.36. The molecule has 0 fully saturated rings. The minimum Gasteiger partial charge on any atom is -0.325 e. The Morgan fingerprint density at radius 2 is 1.57 bits per heavy atom. The smallest absolute Gasteiger partial charge is 0.224 e. The quantitative estimate of drug-likeness (QED) is 0.231. The van der Waals surface area contributed by atoms with E-state index in [0.29, 0.717) is 11.4 Å². The molecule has 0 spiro atoms. The lowest BCUT2D eigenvalue weighted by molar-refractivity contribution is -0.116. The SMILES string of the molecule is CCCCCC=CCC=CCCCCCCCC(=O)Nc1c(C)cccc1Cl. The normalized spacial score (nSPS) is 11.5. The summed E-state index contributed by atoms with van der Waals surface area (Å²) >= 11 is 6.15. The van der Waals surface area contributed by atoms with Gasteiger partial charge in [-0.1, -0.05) is 87.1 Å². The summed E-state index contributed by atoms with van der Waals surface area (Å²) in [5.41, 5.74) is 1.75. The first-order valence-corrected chi connectivity index (χ1v) is 11.4. The van der Waals surface area contributed by atoms with Crippen molar-refractivity contribution in [2.75, 3.05) is 5.32 Å². The molecular formula is C25H38ClNO. The highest BCUT2D eigenvalue weighted by molar-refractivity contribution is 6.33. The van der Waals surface area contributed by atoms with Crippen molar-refractivity contribution in [3.05, 3.63) is 53.1 Å². The average molecular weight is 404 g/mol. The number of unbranched alkanes of at least 4 members (excludes halogenated alkanes) is 8. The number of aryl methyl sites for hydroxylation is 1. The van der Waals surface area contributed by atoms with Crippen LogP contribution in [0.4, 0.5) is 5.69 Å². The predicted molar refractivity (Wildman–Crippen MR) is 124 cm³/mol. The van der Waals surface area contributed by atoms with E-state index < -0.39 is 0 Å². The molecule has 156 valence electrons. The minimum absolute atomic E-state index is 0.0573. The van der Waals surface area contributed by atoms with Crippen LogP contribution in [0, 0.1) is 6.92 Å². The third kappa shape index (κ3) is 12.0. The number of hydrogen-bond acceptors (Lipinski definition) is 1. The number of halogens is 1. The largest absolute Gasteiger partial charge is 0.325 e. The molecule has 0 saturated heterocycles. The van der Waals surface area contributed by atoms with E-state index in [2.05, 4.69) is 36.5 Å². The maximum atomic E-state index is 12.1. The molecule has 28 heavy (non-hydrogen) atoms. The van der Waals surface area contributed by atoms with Crippen LogP contribution < -0.4 is 5.32 Å². The molecule has 1 aromatic rings. The van der Waals surface area contributed by atoms with Crippen molar-refractivity contribution in [3.63, 3.8) is 0 Å². The average Bonchev–Trinajstić information content (AvgIpc) is 2.68. The Bertz CT molecular complexity index is 586. The molecule has 0 saturated carbocycles. The first-order chi connectivity index (χ1) is 13.6. The molecule has 2 nitrogen and oxygen atoms in total. The van der Waals surface area contributed by atoms with Crippen LogP contribution in [-0.4, -0.2) is 5.91 Å². The van der Waals surface area contributed by atoms with E-state index in [4.69, 9.17) is 11.6 Å². The van der Waals surface area contributed by atoms with E-state index in [9.17, 15) is 4.79 Å². The summed E-state index contributed by atoms with van der Waals surface area (Å²) < 4.78 is 0. The molecule has 3 heteroatoms. The standard InChI is InChI=1S/C25H38ClNO/c1-3-4-5-6-7-8-9-10-11-12-13-14-15-16-17-21-24(28)27-25-22(2)19-18-20-23(25)26/h7-8,10-11,18-20H,3-6,9,12-17,21H2,1-2H3,(H,27,28). The fourth-order valence-electron chi connectivity index (χ4n) is 3.09. The summed E-state index contributed by atoms with van der Waals surface area (Å²) in [7, 11) is 0. The second-order valence-corrected chi connectivity index (χ2v) is 7.87. The van der Waals surface area contributed by atoms with Gasteiger partial charge in [-0.05, 0) is 57.1 Å². The van der Waals surface area contributed by atoms with Gasteiger partial charge in [-0.3, -0.25) is 4.79 Å². The molecule has 0 heterocycles. The van der Waals surface area contributed by atoms with Gasteiger partial charge in [0.1, 0.15) is 0 Å². The highest BCUT2D eigenvalue weighted by atomic mass is 35.5. The second-order valence-electron chi connectivity index (χ2n) is 7.46. The van der Waals surface area contributed by atoms with Gasteiger partial charge >= 0.3 is 0 Å². The number of rotatable bonds is 15. The highest BCUT2D eigenvalue weighted by Crippen LogP contribution is 2.25. The monoisotopic (exact) mass is 403 g/mol. The zero-order valence-corrected chi connectivity index (χ0v) is 18.6. The van der Waals surface area contributed by atoms with Crippen molar-refractivity contribution in [1.82, 2.24) is 0 Å². The van der Waals surface area contributed by atoms with Crippen LogP contribution in [0.2, 0.25) is 5.02 Å². The zero-order chi connectivity index (χ0) is 20.5. The molecule has 1 amide bonds. The molecule has 0 radical (unpaired) electrons. The molecule has 0 aromatic heterocycles. The highest BCUT2D eigenvalue weighted by Gasteiger charge is 2.07. The van der Waals surface area contributed by atoms with Gasteiger partial charge in [0.25, 0.3) is 0 Å². The lowest BCUT2D eigenvalue weighted by Gasteiger charge is -2.10. The number of allylic oxidation sites excluding steroid dienone is 4. The number of carbonyl (C=O) groups excluding carboxylic acids is 1. The second kappa shape index (κ2) is 16.4. The van der Waals surface area contributed by atoms with Crippen LogP contribution in [0.15, 0.2) is 42.5 Å². The van der Waals surface area contributed by atoms with Gasteiger partial charge in [0.2, 0.25) is 5.91 Å². The Labute approximate surface area is 177 Å². The van der Waals surface area contributed by atoms with Crippen molar-refractivity contribution >= 4 is 23.2 Å². The summed E-state index contributed by atoms with van der Waals surface area (Å²) in [5, 5.41) is 3.55. The molecule has 0 aliphatic rings. The maximum absolute atomic E-state index is 12.1. The van der Waals surface area contributed by atoms with E-state index in [0.717, 1.165) is 36.9 Å². The van der Waals surface area contributed by atoms with Crippen LogP contribution in [-0.2, 0) is 4.79 Å². The molecule has 0 aliphatic carbocycles. The van der Waals surface area contributed by atoms with Crippen LogP contribution in [0.25, 0.3) is 0 Å². The number of para-hydroxylation sites is 1. The van der Waals surface area contributed by atoms with Gasteiger partial charge in [-0.25, -0.2) is 0 Å². The molecule has 0 unspecified atom stereocenters. The number of carbonyl (C=O) groups is 1. The van der Waals surface area contributed by atoms with Crippen LogP contribution in [0.3, 0.4) is 0 Å². The molecule has 0 bridgehead atoms. The maximum Gasteiger partial charge on any atom is 0.224 e. The Morgan fingerprint density at radius 3 is 2.25 bits per heavy atom. The van der Waals surface area contributed by atoms with Crippen LogP contribution in [0.5, 0.6) is 0 Å². The topological polar surface area (TPSA) is 29.1 Å². The number of amides is 1. The van der Waals surface area contributed by atoms with Crippen molar-refractivity contribution in [2.24, 2.45) is 0 Å². The van der Waals surface area contributed by atoms with Gasteiger partial charge in [-0.15, -0.1) is 0 Å². The molecule has 0 aliphatic heterocycles. The molecule has 1 rings (SSSR count). The van der Waals surface area contributed by atoms with E-state index in [1.807, 2.05) is 25.1 Å². The van der Waals surface area contributed by atoms with Crippen LogP contribution in [0.1, 0.15) is 89.5 Å². The van der Waals surface area contributed by atoms with Gasteiger partial charge in [0, 0.05) is 6.42 Å². The molecule has 1 N–H and O–H groups in total. The van der Waals surface area contributed by atoms with E-state index in [1.54, 1.807) is 0 Å². The lowest BCUT2D eigenvalue weighted by atomic mass is 10.1. The van der Waals surface area contributed by atoms with Gasteiger partial charge in [0.15, 0.2) is 0 Å². The number of benzene rings is 1. The van der Waals surface area contributed by atoms with Gasteiger partial charge in [0.05, 0.1) is 10.7 Å². The number of hydrogen-bond donors (Lipinski definition) is 1. The summed E-state index contributed by atoms with van der Waals surface area (Å²) in [6.45, 7) is 4.20. The molecule has 1 aromatic carbocycles. The van der Waals surface area contributed by atoms with E-state index in [-0.39, 0.29) is 5.91 Å². The number of anilines is 1. The Balaban J connectivity index is 1.97. The third-order valence-electron chi connectivity index (χ3n) is 4.84. The van der Waals surface area contributed by atoms with E-state index >= 15 is 0 Å². The van der Waals surface area contributed by atoms with Crippen molar-refractivity contribution in [1.29, 1.82) is 0 Å². The molecular weight excluding hydrogens is 366 g/mol. The fraction of sp³-hybridized carbons (Fsp3) is 0.560. The Morgan fingerprint density at radius 1 is 0.929 bits per heavy atom. The zero-order valence-electron chi connectivity index (χ0n) is 17.8. The lowest BCUT2D eigenvalue weighted by Crippen LogP contribution is -2.12. The third-order valence-corrected chi connectivity index (χ3v) is 5.16. The summed E-state index contributed by atoms with van der Waals surface area (Å²) in [6.07, 6.45) is 22.8. The van der Waals surface area contributed by atoms with Crippen molar-refractivity contribution < 1.29 is 4.79 Å². The Kier molecular flexibility index (Phi) is 14.4. The molecule has 0 atom stereocenters. The van der Waals surface area contributed by atoms with Gasteiger partial charge in [-0.2, -0.15) is 0 Å². The van der Waals surface area contributed by atoms with Crippen LogP contribution >= 0.6 is 11.6 Å². The summed E-state index contributed by atoms with van der Waals surface area (Å²) in [6, 6.07) is 5.66. The Hall–Kier alpha value is -1.54.